The SMILES string of the molecule is CC/C=C\C/C=C\C/C=C\C/C=C\C/C=C\CCCC(=O)OC(CO)COP(=O)(O)OCC(COC(=O)CCCCCC/C=C\C/C=C\C/C=C\C/C=C\CC)OC(=O)CCCCCCCCCCCCCCCCCCCCC. The lowest BCUT2D eigenvalue weighted by Gasteiger charge is -2.21. The van der Waals surface area contributed by atoms with Gasteiger partial charge in [0.1, 0.15) is 12.7 Å². The summed E-state index contributed by atoms with van der Waals surface area (Å²) < 4.78 is 39.6. The summed E-state index contributed by atoms with van der Waals surface area (Å²) in [6, 6.07) is 0. The average molecular weight is 1140 g/mol. The fraction of sp³-hybridized carbons (Fsp3) is 0.691. The fourth-order valence-corrected chi connectivity index (χ4v) is 9.23. The van der Waals surface area contributed by atoms with Crippen LogP contribution in [0.5, 0.6) is 0 Å². The molecule has 80 heavy (non-hydrogen) atoms. The van der Waals surface area contributed by atoms with Gasteiger partial charge in [0.2, 0.25) is 0 Å². The van der Waals surface area contributed by atoms with E-state index < -0.39 is 57.8 Å². The molecule has 2 N–H and O–H groups in total. The first-order chi connectivity index (χ1) is 39.2. The van der Waals surface area contributed by atoms with E-state index in [-0.39, 0.29) is 25.9 Å². The van der Waals surface area contributed by atoms with E-state index in [1.54, 1.807) is 0 Å². The van der Waals surface area contributed by atoms with Crippen LogP contribution in [0.4, 0.5) is 0 Å². The van der Waals surface area contributed by atoms with E-state index in [9.17, 15) is 28.9 Å². The molecule has 0 saturated heterocycles. The minimum absolute atomic E-state index is 0.0933. The predicted octanol–water partition coefficient (Wildman–Crippen LogP) is 19.4. The molecule has 0 fully saturated rings. The molecule has 0 aliphatic rings. The number of ether oxygens (including phenoxy) is 3. The number of aliphatic hydroxyl groups excluding tert-OH is 1. The Kier molecular flexibility index (Phi) is 58.3. The Labute approximate surface area is 488 Å². The molecule has 0 saturated carbocycles. The highest BCUT2D eigenvalue weighted by atomic mass is 31.2. The molecule has 0 amide bonds. The van der Waals surface area contributed by atoms with E-state index in [1.165, 1.54) is 96.3 Å². The second-order valence-corrected chi connectivity index (χ2v) is 22.3. The molecule has 11 nitrogen and oxygen atoms in total. The Morgan fingerprint density at radius 3 is 1.05 bits per heavy atom. The zero-order valence-electron chi connectivity index (χ0n) is 50.8. The summed E-state index contributed by atoms with van der Waals surface area (Å²) in [7, 11) is -4.78. The molecular weight excluding hydrogens is 1020 g/mol. The quantitative estimate of drug-likeness (QED) is 0.0197. The van der Waals surface area contributed by atoms with Crippen molar-refractivity contribution >= 4 is 25.7 Å². The molecule has 0 bridgehead atoms. The fourth-order valence-electron chi connectivity index (χ4n) is 8.44. The van der Waals surface area contributed by atoms with Crippen LogP contribution in [0.25, 0.3) is 0 Å². The standard InChI is InChI=1S/C68H115O11P/c1-4-7-10-13-16-19-22-25-28-31-32-35-38-41-44-47-50-53-56-59-68(72)79-65(61-75-66(70)57-54-51-48-45-42-39-36-33-29-26-23-20-17-14-11-8-5-2)63-77-80(73,74)76-62-64(60-69)78-67(71)58-55-52-49-46-43-40-37-34-30-27-24-21-18-15-12-9-6-3/h8-9,11-12,17-18,20-21,26-27,29-30,36-37,39-40,46,49,64-65,69H,4-7,10,13-16,19,22-25,28,31-35,38,41-45,47-48,50-63H2,1-3H3,(H,73,74)/b11-8-,12-9-,20-17-,21-18-,29-26-,30-27-,39-36-,40-37-,49-46-. The maximum absolute atomic E-state index is 13.0. The molecule has 0 radical (unpaired) electrons. The maximum Gasteiger partial charge on any atom is 0.472 e. The highest BCUT2D eigenvalue weighted by molar-refractivity contribution is 7.47. The Morgan fingerprint density at radius 2 is 0.662 bits per heavy atom. The summed E-state index contributed by atoms with van der Waals surface area (Å²) in [5.74, 6) is -1.55. The maximum atomic E-state index is 13.0. The van der Waals surface area contributed by atoms with Crippen LogP contribution in [0, 0.1) is 0 Å². The van der Waals surface area contributed by atoms with Gasteiger partial charge in [0.15, 0.2) is 6.10 Å². The van der Waals surface area contributed by atoms with E-state index >= 15 is 0 Å². The number of hydrogen-bond donors (Lipinski definition) is 2. The van der Waals surface area contributed by atoms with Gasteiger partial charge in [0.25, 0.3) is 0 Å². The number of aliphatic hydroxyl groups is 1. The molecular formula is C68H115O11P. The number of phosphoric acid groups is 1. The van der Waals surface area contributed by atoms with Gasteiger partial charge in [0, 0.05) is 19.3 Å². The second-order valence-electron chi connectivity index (χ2n) is 20.8. The minimum Gasteiger partial charge on any atom is -0.462 e. The molecule has 0 aromatic carbocycles. The first-order valence-electron chi connectivity index (χ1n) is 31.8. The lowest BCUT2D eigenvalue weighted by Crippen LogP contribution is -2.30. The van der Waals surface area contributed by atoms with Gasteiger partial charge in [-0.25, -0.2) is 4.57 Å². The van der Waals surface area contributed by atoms with Crippen LogP contribution >= 0.6 is 7.82 Å². The molecule has 0 heterocycles. The van der Waals surface area contributed by atoms with E-state index in [0.717, 1.165) is 103 Å². The van der Waals surface area contributed by atoms with Gasteiger partial charge in [-0.3, -0.25) is 23.4 Å². The van der Waals surface area contributed by atoms with Crippen molar-refractivity contribution in [3.63, 3.8) is 0 Å². The van der Waals surface area contributed by atoms with Crippen molar-refractivity contribution in [1.29, 1.82) is 0 Å². The smallest absolute Gasteiger partial charge is 0.462 e. The Balaban J connectivity index is 4.79. The Hall–Kier alpha value is -3.86. The number of carbonyl (C=O) groups is 3. The number of carbonyl (C=O) groups excluding carboxylic acids is 3. The number of unbranched alkanes of at least 4 members (excludes halogenated alkanes) is 23. The van der Waals surface area contributed by atoms with Crippen LogP contribution in [0.2, 0.25) is 0 Å². The molecule has 0 aromatic rings. The zero-order valence-corrected chi connectivity index (χ0v) is 51.7. The highest BCUT2D eigenvalue weighted by Gasteiger charge is 2.28. The van der Waals surface area contributed by atoms with Crippen LogP contribution in [-0.4, -0.2) is 66.5 Å². The summed E-state index contributed by atoms with van der Waals surface area (Å²) in [6.45, 7) is 4.36. The van der Waals surface area contributed by atoms with Gasteiger partial charge in [-0.1, -0.05) is 259 Å². The minimum atomic E-state index is -4.78. The number of allylic oxidation sites excluding steroid dienone is 18. The van der Waals surface area contributed by atoms with Crippen molar-refractivity contribution in [3.05, 3.63) is 109 Å². The molecule has 3 unspecified atom stereocenters. The van der Waals surface area contributed by atoms with Crippen molar-refractivity contribution in [2.24, 2.45) is 0 Å². The molecule has 3 atom stereocenters. The molecule has 458 valence electrons. The topological polar surface area (TPSA) is 155 Å². The van der Waals surface area contributed by atoms with Gasteiger partial charge in [-0.05, 0) is 96.3 Å². The van der Waals surface area contributed by atoms with Gasteiger partial charge >= 0.3 is 25.7 Å². The van der Waals surface area contributed by atoms with E-state index in [4.69, 9.17) is 23.3 Å². The van der Waals surface area contributed by atoms with Crippen molar-refractivity contribution < 1.29 is 52.2 Å². The first-order valence-corrected chi connectivity index (χ1v) is 33.3. The lowest BCUT2D eigenvalue weighted by molar-refractivity contribution is -0.161. The van der Waals surface area contributed by atoms with E-state index in [2.05, 4.69) is 118 Å². The van der Waals surface area contributed by atoms with Crippen molar-refractivity contribution in [1.82, 2.24) is 0 Å². The summed E-state index contributed by atoms with van der Waals surface area (Å²) in [5, 5.41) is 9.84. The Bertz CT molecular complexity index is 1760. The van der Waals surface area contributed by atoms with Gasteiger partial charge in [-0.2, -0.15) is 0 Å². The van der Waals surface area contributed by atoms with Crippen molar-refractivity contribution in [3.8, 4) is 0 Å². The third-order valence-electron chi connectivity index (χ3n) is 13.2. The molecule has 0 rings (SSSR count). The van der Waals surface area contributed by atoms with Gasteiger partial charge < -0.3 is 24.2 Å². The van der Waals surface area contributed by atoms with E-state index in [1.807, 2.05) is 12.2 Å². The molecule has 12 heteroatoms. The number of phosphoric ester groups is 1. The van der Waals surface area contributed by atoms with Crippen LogP contribution in [0.1, 0.15) is 265 Å². The van der Waals surface area contributed by atoms with E-state index in [0.29, 0.717) is 25.7 Å². The van der Waals surface area contributed by atoms with Crippen LogP contribution in [0.3, 0.4) is 0 Å². The third kappa shape index (κ3) is 58.8. The molecule has 0 aromatic heterocycles. The third-order valence-corrected chi connectivity index (χ3v) is 14.1. The number of hydrogen-bond acceptors (Lipinski definition) is 10. The van der Waals surface area contributed by atoms with Crippen molar-refractivity contribution in [2.75, 3.05) is 26.4 Å². The van der Waals surface area contributed by atoms with Gasteiger partial charge in [-0.15, -0.1) is 0 Å². The summed E-state index contributed by atoms with van der Waals surface area (Å²) in [4.78, 5) is 48.7. The highest BCUT2D eigenvalue weighted by Crippen LogP contribution is 2.43. The normalized spacial score (nSPS) is 14.0. The lowest BCUT2D eigenvalue weighted by atomic mass is 10.0. The van der Waals surface area contributed by atoms with Gasteiger partial charge in [0.05, 0.1) is 19.8 Å². The predicted molar refractivity (Wildman–Crippen MR) is 334 cm³/mol. The molecule has 0 aliphatic heterocycles. The van der Waals surface area contributed by atoms with Crippen LogP contribution < -0.4 is 0 Å². The Morgan fingerprint density at radius 1 is 0.362 bits per heavy atom. The average Bonchev–Trinajstić information content (AvgIpc) is 3.45. The monoisotopic (exact) mass is 1140 g/mol. The number of rotatable bonds is 58. The zero-order chi connectivity index (χ0) is 58.3. The van der Waals surface area contributed by atoms with Crippen molar-refractivity contribution in [2.45, 2.75) is 277 Å². The summed E-state index contributed by atoms with van der Waals surface area (Å²) in [6.07, 6.45) is 74.8. The van der Waals surface area contributed by atoms with Crippen LogP contribution in [0.15, 0.2) is 109 Å². The summed E-state index contributed by atoms with van der Waals surface area (Å²) in [5.41, 5.74) is 0. The first kappa shape index (κ1) is 76.1. The largest absolute Gasteiger partial charge is 0.472 e. The second kappa shape index (κ2) is 61.2. The summed E-state index contributed by atoms with van der Waals surface area (Å²) >= 11 is 0. The van der Waals surface area contributed by atoms with Crippen LogP contribution in [-0.2, 0) is 42.2 Å². The number of esters is 3. The molecule has 0 aliphatic carbocycles. The molecule has 0 spiro atoms.